The summed E-state index contributed by atoms with van der Waals surface area (Å²) in [6.45, 7) is 4.04. The van der Waals surface area contributed by atoms with Crippen LogP contribution < -0.4 is 5.32 Å². The molecular formula is C19H19N3O2. The average Bonchev–Trinajstić information content (AvgIpc) is 2.93. The molecule has 3 aromatic rings. The molecule has 0 saturated carbocycles. The van der Waals surface area contributed by atoms with Crippen LogP contribution in [0.25, 0.3) is 10.9 Å². The van der Waals surface area contributed by atoms with Crippen molar-refractivity contribution in [2.24, 2.45) is 0 Å². The second-order valence-corrected chi connectivity index (χ2v) is 5.78. The SMILES string of the molecule is CC(=O)n1cc(CCNC(=O)c2ccccn2)c2ccc(C)cc21. The average molecular weight is 321 g/mol. The molecule has 2 heterocycles. The van der Waals surface area contributed by atoms with E-state index >= 15 is 0 Å². The summed E-state index contributed by atoms with van der Waals surface area (Å²) in [7, 11) is 0. The van der Waals surface area contributed by atoms with Gasteiger partial charge in [-0.1, -0.05) is 18.2 Å². The quantitative estimate of drug-likeness (QED) is 0.803. The zero-order chi connectivity index (χ0) is 17.1. The van der Waals surface area contributed by atoms with Gasteiger partial charge in [-0.3, -0.25) is 19.1 Å². The van der Waals surface area contributed by atoms with Gasteiger partial charge in [0.05, 0.1) is 5.52 Å². The third-order valence-corrected chi connectivity index (χ3v) is 3.96. The van der Waals surface area contributed by atoms with E-state index in [1.54, 1.807) is 35.9 Å². The highest BCUT2D eigenvalue weighted by Crippen LogP contribution is 2.23. The molecule has 1 amide bonds. The van der Waals surface area contributed by atoms with Crippen LogP contribution in [0.5, 0.6) is 0 Å². The Hall–Kier alpha value is -2.95. The third kappa shape index (κ3) is 3.20. The standard InChI is InChI=1S/C19H19N3O2/c1-13-6-7-16-15(12-22(14(2)23)18(16)11-13)8-10-21-19(24)17-5-3-4-9-20-17/h3-7,9,11-12H,8,10H2,1-2H3,(H,21,24). The number of aromatic nitrogens is 2. The summed E-state index contributed by atoms with van der Waals surface area (Å²) in [5, 5.41) is 3.91. The summed E-state index contributed by atoms with van der Waals surface area (Å²) in [6, 6.07) is 11.3. The van der Waals surface area contributed by atoms with E-state index in [1.807, 2.05) is 31.3 Å². The Balaban J connectivity index is 1.76. The lowest BCUT2D eigenvalue weighted by Crippen LogP contribution is -2.26. The first-order valence-electron chi connectivity index (χ1n) is 7.87. The van der Waals surface area contributed by atoms with Crippen molar-refractivity contribution < 1.29 is 9.59 Å². The summed E-state index contributed by atoms with van der Waals surface area (Å²) in [5.41, 5.74) is 3.47. The molecule has 0 radical (unpaired) electrons. The Kier molecular flexibility index (Phi) is 4.42. The van der Waals surface area contributed by atoms with Crippen molar-refractivity contribution in [3.63, 3.8) is 0 Å². The molecule has 1 aromatic carbocycles. The second kappa shape index (κ2) is 6.66. The van der Waals surface area contributed by atoms with Crippen LogP contribution in [0, 0.1) is 6.92 Å². The fourth-order valence-corrected chi connectivity index (χ4v) is 2.77. The highest BCUT2D eigenvalue weighted by molar-refractivity contribution is 5.94. The molecule has 0 saturated heterocycles. The van der Waals surface area contributed by atoms with E-state index in [0.717, 1.165) is 22.0 Å². The minimum atomic E-state index is -0.193. The molecule has 0 aliphatic carbocycles. The predicted molar refractivity (Wildman–Crippen MR) is 93.2 cm³/mol. The molecule has 0 aliphatic heterocycles. The molecule has 1 N–H and O–H groups in total. The van der Waals surface area contributed by atoms with Crippen LogP contribution in [0.2, 0.25) is 0 Å². The van der Waals surface area contributed by atoms with Gasteiger partial charge in [-0.2, -0.15) is 0 Å². The number of carbonyl (C=O) groups excluding carboxylic acids is 2. The number of rotatable bonds is 4. The molecule has 3 rings (SSSR count). The highest BCUT2D eigenvalue weighted by Gasteiger charge is 2.12. The minimum Gasteiger partial charge on any atom is -0.350 e. The second-order valence-electron chi connectivity index (χ2n) is 5.78. The number of nitrogens with zero attached hydrogens (tertiary/aromatic N) is 2. The number of hydrogen-bond acceptors (Lipinski definition) is 3. The minimum absolute atomic E-state index is 0.0191. The Morgan fingerprint density at radius 1 is 1.21 bits per heavy atom. The van der Waals surface area contributed by atoms with Gasteiger partial charge in [-0.05, 0) is 42.7 Å². The van der Waals surface area contributed by atoms with Gasteiger partial charge in [0.1, 0.15) is 5.69 Å². The molecule has 0 bridgehead atoms. The maximum atomic E-state index is 12.0. The lowest BCUT2D eigenvalue weighted by atomic mass is 10.1. The van der Waals surface area contributed by atoms with Crippen LogP contribution in [-0.4, -0.2) is 27.9 Å². The maximum Gasteiger partial charge on any atom is 0.269 e. The van der Waals surface area contributed by atoms with Crippen LogP contribution in [0.1, 0.15) is 33.3 Å². The van der Waals surface area contributed by atoms with Gasteiger partial charge in [0.15, 0.2) is 0 Å². The summed E-state index contributed by atoms with van der Waals surface area (Å²) in [4.78, 5) is 27.9. The number of pyridine rings is 1. The number of fused-ring (bicyclic) bond motifs is 1. The molecule has 0 spiro atoms. The van der Waals surface area contributed by atoms with Gasteiger partial charge in [-0.15, -0.1) is 0 Å². The van der Waals surface area contributed by atoms with E-state index in [4.69, 9.17) is 0 Å². The van der Waals surface area contributed by atoms with Gasteiger partial charge in [0.25, 0.3) is 5.91 Å². The Morgan fingerprint density at radius 3 is 2.75 bits per heavy atom. The predicted octanol–water partition coefficient (Wildman–Crippen LogP) is 2.98. The third-order valence-electron chi connectivity index (χ3n) is 3.96. The Labute approximate surface area is 140 Å². The van der Waals surface area contributed by atoms with Gasteiger partial charge in [0.2, 0.25) is 5.91 Å². The molecule has 122 valence electrons. The van der Waals surface area contributed by atoms with E-state index in [9.17, 15) is 9.59 Å². The topological polar surface area (TPSA) is 64.0 Å². The van der Waals surface area contributed by atoms with Gasteiger partial charge in [-0.25, -0.2) is 0 Å². The van der Waals surface area contributed by atoms with Crippen LogP contribution in [0.15, 0.2) is 48.8 Å². The molecule has 0 aliphatic rings. The fourth-order valence-electron chi connectivity index (χ4n) is 2.77. The van der Waals surface area contributed by atoms with Crippen molar-refractivity contribution in [2.45, 2.75) is 20.3 Å². The molecule has 5 heteroatoms. The van der Waals surface area contributed by atoms with Crippen molar-refractivity contribution in [2.75, 3.05) is 6.54 Å². The number of aryl methyl sites for hydroxylation is 1. The molecule has 0 fully saturated rings. The van der Waals surface area contributed by atoms with E-state index in [-0.39, 0.29) is 11.8 Å². The molecular weight excluding hydrogens is 302 g/mol. The molecule has 5 nitrogen and oxygen atoms in total. The number of hydrogen-bond donors (Lipinski definition) is 1. The monoisotopic (exact) mass is 321 g/mol. The first kappa shape index (κ1) is 15.9. The van der Waals surface area contributed by atoms with Crippen LogP contribution in [-0.2, 0) is 6.42 Å². The molecule has 2 aromatic heterocycles. The van der Waals surface area contributed by atoms with Crippen molar-refractivity contribution in [1.82, 2.24) is 14.9 Å². The van der Waals surface area contributed by atoms with Crippen LogP contribution in [0.4, 0.5) is 0 Å². The smallest absolute Gasteiger partial charge is 0.269 e. The molecule has 24 heavy (non-hydrogen) atoms. The first-order chi connectivity index (χ1) is 11.6. The van der Waals surface area contributed by atoms with E-state index in [1.165, 1.54) is 0 Å². The van der Waals surface area contributed by atoms with Crippen molar-refractivity contribution in [3.8, 4) is 0 Å². The summed E-state index contributed by atoms with van der Waals surface area (Å²) < 4.78 is 1.66. The van der Waals surface area contributed by atoms with Crippen LogP contribution in [0.3, 0.4) is 0 Å². The van der Waals surface area contributed by atoms with Crippen molar-refractivity contribution in [3.05, 3.63) is 65.6 Å². The fraction of sp³-hybridized carbons (Fsp3) is 0.211. The van der Waals surface area contributed by atoms with Crippen molar-refractivity contribution in [1.29, 1.82) is 0 Å². The Bertz CT molecular complexity index is 898. The first-order valence-corrected chi connectivity index (χ1v) is 7.87. The largest absolute Gasteiger partial charge is 0.350 e. The van der Waals surface area contributed by atoms with E-state index in [0.29, 0.717) is 18.7 Å². The summed E-state index contributed by atoms with van der Waals surface area (Å²) in [5.74, 6) is -0.212. The summed E-state index contributed by atoms with van der Waals surface area (Å²) >= 11 is 0. The van der Waals surface area contributed by atoms with E-state index in [2.05, 4.69) is 10.3 Å². The normalized spacial score (nSPS) is 10.8. The van der Waals surface area contributed by atoms with Gasteiger partial charge in [0, 0.05) is 31.2 Å². The number of nitrogens with one attached hydrogen (secondary N) is 1. The Morgan fingerprint density at radius 2 is 2.04 bits per heavy atom. The number of amides is 1. The summed E-state index contributed by atoms with van der Waals surface area (Å²) in [6.07, 6.45) is 4.11. The van der Waals surface area contributed by atoms with E-state index < -0.39 is 0 Å². The maximum absolute atomic E-state index is 12.0. The zero-order valence-electron chi connectivity index (χ0n) is 13.7. The zero-order valence-corrected chi connectivity index (χ0v) is 13.7. The van der Waals surface area contributed by atoms with Gasteiger partial charge < -0.3 is 5.32 Å². The lowest BCUT2D eigenvalue weighted by molar-refractivity contribution is 0.0935. The number of carbonyl (C=O) groups is 2. The molecule has 0 unspecified atom stereocenters. The van der Waals surface area contributed by atoms with Crippen molar-refractivity contribution >= 4 is 22.7 Å². The number of benzene rings is 1. The van der Waals surface area contributed by atoms with Crippen LogP contribution >= 0.6 is 0 Å². The molecule has 0 atom stereocenters. The van der Waals surface area contributed by atoms with Gasteiger partial charge >= 0.3 is 0 Å². The highest BCUT2D eigenvalue weighted by atomic mass is 16.2. The lowest BCUT2D eigenvalue weighted by Gasteiger charge is -2.04.